The van der Waals surface area contributed by atoms with Crippen molar-refractivity contribution in [2.45, 2.75) is 26.7 Å². The molecule has 0 fully saturated rings. The van der Waals surface area contributed by atoms with Crippen LogP contribution in [-0.2, 0) is 0 Å². The fraction of sp³-hybridized carbons (Fsp3) is 0.500. The van der Waals surface area contributed by atoms with Crippen molar-refractivity contribution in [2.24, 2.45) is 11.1 Å². The third kappa shape index (κ3) is 1.42. The quantitative estimate of drug-likeness (QED) is 0.746. The molecule has 92 valence electrons. The Bertz CT molecular complexity index is 445. The van der Waals surface area contributed by atoms with Crippen LogP contribution in [0.2, 0.25) is 0 Å². The summed E-state index contributed by atoms with van der Waals surface area (Å²) in [6, 6.07) is 3.50. The SMILES string of the molecule is CC(C)(C)C1(N)Oc2cc3c(cc2O1)OCO3. The van der Waals surface area contributed by atoms with Gasteiger partial charge in [0.05, 0.1) is 5.41 Å². The van der Waals surface area contributed by atoms with Crippen LogP contribution in [0.5, 0.6) is 23.0 Å². The van der Waals surface area contributed by atoms with E-state index in [0.29, 0.717) is 23.0 Å². The van der Waals surface area contributed by atoms with E-state index in [1.807, 2.05) is 20.8 Å². The van der Waals surface area contributed by atoms with Gasteiger partial charge in [0.2, 0.25) is 6.79 Å². The van der Waals surface area contributed by atoms with Gasteiger partial charge in [0, 0.05) is 12.1 Å². The average molecular weight is 237 g/mol. The van der Waals surface area contributed by atoms with Crippen molar-refractivity contribution >= 4 is 0 Å². The lowest BCUT2D eigenvalue weighted by atomic mass is 9.92. The number of nitrogens with two attached hydrogens (primary N) is 1. The molecule has 0 saturated carbocycles. The summed E-state index contributed by atoms with van der Waals surface area (Å²) in [5.74, 6) is 1.33. The van der Waals surface area contributed by atoms with Gasteiger partial charge in [-0.25, -0.2) is 0 Å². The van der Waals surface area contributed by atoms with Crippen LogP contribution in [0.4, 0.5) is 0 Å². The van der Waals surface area contributed by atoms with Crippen molar-refractivity contribution in [3.05, 3.63) is 12.1 Å². The lowest BCUT2D eigenvalue weighted by molar-refractivity contribution is -0.153. The maximum atomic E-state index is 6.12. The molecular formula is C12H15NO4. The van der Waals surface area contributed by atoms with Gasteiger partial charge in [0.1, 0.15) is 0 Å². The number of hydrogen-bond donors (Lipinski definition) is 1. The first-order valence-electron chi connectivity index (χ1n) is 5.50. The highest BCUT2D eigenvalue weighted by Gasteiger charge is 2.49. The van der Waals surface area contributed by atoms with Crippen LogP contribution in [0.3, 0.4) is 0 Å². The molecule has 0 saturated heterocycles. The van der Waals surface area contributed by atoms with Gasteiger partial charge < -0.3 is 18.9 Å². The van der Waals surface area contributed by atoms with E-state index in [-0.39, 0.29) is 12.2 Å². The van der Waals surface area contributed by atoms with Crippen LogP contribution in [-0.4, -0.2) is 12.7 Å². The van der Waals surface area contributed by atoms with Crippen molar-refractivity contribution in [1.29, 1.82) is 0 Å². The van der Waals surface area contributed by atoms with E-state index in [9.17, 15) is 0 Å². The summed E-state index contributed by atoms with van der Waals surface area (Å²) < 4.78 is 22.0. The van der Waals surface area contributed by atoms with E-state index in [2.05, 4.69) is 0 Å². The first kappa shape index (κ1) is 10.5. The second-order valence-corrected chi connectivity index (χ2v) is 5.27. The molecule has 3 rings (SSSR count). The van der Waals surface area contributed by atoms with Crippen LogP contribution in [0, 0.1) is 5.41 Å². The predicted octanol–water partition coefficient (Wildman–Crippen LogP) is 1.85. The molecule has 0 spiro atoms. The van der Waals surface area contributed by atoms with Crippen molar-refractivity contribution < 1.29 is 18.9 Å². The number of hydrogen-bond acceptors (Lipinski definition) is 5. The Morgan fingerprint density at radius 3 is 1.88 bits per heavy atom. The van der Waals surface area contributed by atoms with Gasteiger partial charge in [-0.05, 0) is 0 Å². The third-order valence-electron chi connectivity index (χ3n) is 3.01. The van der Waals surface area contributed by atoms with Gasteiger partial charge in [-0.2, -0.15) is 0 Å². The fourth-order valence-corrected chi connectivity index (χ4v) is 1.72. The Morgan fingerprint density at radius 2 is 1.47 bits per heavy atom. The monoisotopic (exact) mass is 237 g/mol. The molecule has 0 atom stereocenters. The molecule has 0 aromatic heterocycles. The summed E-state index contributed by atoms with van der Waals surface area (Å²) in [6.45, 7) is 6.10. The van der Waals surface area contributed by atoms with Gasteiger partial charge >= 0.3 is 5.91 Å². The molecule has 17 heavy (non-hydrogen) atoms. The summed E-state index contributed by atoms with van der Waals surface area (Å²) >= 11 is 0. The molecule has 2 N–H and O–H groups in total. The zero-order chi connectivity index (χ0) is 12.3. The van der Waals surface area contributed by atoms with Gasteiger partial charge in [0.25, 0.3) is 0 Å². The minimum Gasteiger partial charge on any atom is -0.453 e. The third-order valence-corrected chi connectivity index (χ3v) is 3.01. The highest BCUT2D eigenvalue weighted by molar-refractivity contribution is 5.56. The van der Waals surface area contributed by atoms with E-state index in [4.69, 9.17) is 24.7 Å². The number of benzene rings is 1. The van der Waals surface area contributed by atoms with E-state index in [1.54, 1.807) is 12.1 Å². The van der Waals surface area contributed by atoms with Gasteiger partial charge in [-0.15, -0.1) is 0 Å². The molecule has 2 heterocycles. The zero-order valence-corrected chi connectivity index (χ0v) is 10.1. The molecule has 0 aliphatic carbocycles. The average Bonchev–Trinajstić information content (AvgIpc) is 2.74. The standard InChI is InChI=1S/C12H15NO4/c1-11(2,3)12(13)16-9-4-7-8(15-6-14-7)5-10(9)17-12/h4-5H,6,13H2,1-3H3. The molecule has 0 amide bonds. The van der Waals surface area contributed by atoms with E-state index in [0.717, 1.165) is 0 Å². The zero-order valence-electron chi connectivity index (χ0n) is 10.1. The van der Waals surface area contributed by atoms with Crippen LogP contribution in [0.15, 0.2) is 12.1 Å². The van der Waals surface area contributed by atoms with Gasteiger partial charge in [-0.3, -0.25) is 5.73 Å². The molecule has 2 aliphatic heterocycles. The highest BCUT2D eigenvalue weighted by Crippen LogP contribution is 2.49. The molecule has 5 heteroatoms. The Labute approximate surface area is 99.4 Å². The summed E-state index contributed by atoms with van der Waals surface area (Å²) in [5, 5.41) is 0. The molecule has 0 bridgehead atoms. The van der Waals surface area contributed by atoms with Crippen LogP contribution in [0.25, 0.3) is 0 Å². The van der Waals surface area contributed by atoms with Crippen LogP contribution >= 0.6 is 0 Å². The number of ether oxygens (including phenoxy) is 4. The Kier molecular flexibility index (Phi) is 1.85. The molecule has 1 aromatic rings. The largest absolute Gasteiger partial charge is 0.453 e. The summed E-state index contributed by atoms with van der Waals surface area (Å²) in [4.78, 5) is 0. The van der Waals surface area contributed by atoms with E-state index >= 15 is 0 Å². The minimum absolute atomic E-state index is 0.227. The molecule has 0 radical (unpaired) electrons. The maximum Gasteiger partial charge on any atom is 0.315 e. The van der Waals surface area contributed by atoms with E-state index < -0.39 is 5.91 Å². The smallest absolute Gasteiger partial charge is 0.315 e. The van der Waals surface area contributed by atoms with Crippen LogP contribution in [0.1, 0.15) is 20.8 Å². The molecule has 0 unspecified atom stereocenters. The fourth-order valence-electron chi connectivity index (χ4n) is 1.72. The summed E-state index contributed by atoms with van der Waals surface area (Å²) in [7, 11) is 0. The first-order valence-corrected chi connectivity index (χ1v) is 5.50. The van der Waals surface area contributed by atoms with Crippen molar-refractivity contribution in [1.82, 2.24) is 0 Å². The van der Waals surface area contributed by atoms with Gasteiger partial charge in [-0.1, -0.05) is 20.8 Å². The van der Waals surface area contributed by atoms with Crippen LogP contribution < -0.4 is 24.7 Å². The summed E-state index contributed by atoms with van der Waals surface area (Å²) in [6.07, 6.45) is 0. The number of rotatable bonds is 0. The number of fused-ring (bicyclic) bond motifs is 2. The maximum absolute atomic E-state index is 6.12. The molecule has 2 aliphatic rings. The van der Waals surface area contributed by atoms with Crippen molar-refractivity contribution in [3.8, 4) is 23.0 Å². The Balaban J connectivity index is 2.00. The minimum atomic E-state index is -1.16. The van der Waals surface area contributed by atoms with Crippen molar-refractivity contribution in [2.75, 3.05) is 6.79 Å². The first-order chi connectivity index (χ1) is 7.89. The predicted molar refractivity (Wildman–Crippen MR) is 60.2 cm³/mol. The topological polar surface area (TPSA) is 62.9 Å². The van der Waals surface area contributed by atoms with Gasteiger partial charge in [0.15, 0.2) is 23.0 Å². The summed E-state index contributed by atoms with van der Waals surface area (Å²) in [5.41, 5.74) is 5.77. The highest BCUT2D eigenvalue weighted by atomic mass is 16.8. The van der Waals surface area contributed by atoms with Crippen molar-refractivity contribution in [3.63, 3.8) is 0 Å². The Morgan fingerprint density at radius 1 is 1.00 bits per heavy atom. The normalized spacial score (nSPS) is 19.5. The second kappa shape index (κ2) is 2.98. The second-order valence-electron chi connectivity index (χ2n) is 5.27. The molecular weight excluding hydrogens is 222 g/mol. The lowest BCUT2D eigenvalue weighted by Gasteiger charge is -2.34. The molecule has 5 nitrogen and oxygen atoms in total. The Hall–Kier alpha value is -1.62. The van der Waals surface area contributed by atoms with E-state index in [1.165, 1.54) is 0 Å². The molecule has 1 aromatic carbocycles. The lowest BCUT2D eigenvalue weighted by Crippen LogP contribution is -2.58.